The van der Waals surface area contributed by atoms with E-state index in [1.54, 1.807) is 0 Å². The average Bonchev–Trinajstić information content (AvgIpc) is 2.89. The lowest BCUT2D eigenvalue weighted by molar-refractivity contribution is -0.765. The quantitative estimate of drug-likeness (QED) is 0.559. The summed E-state index contributed by atoms with van der Waals surface area (Å²) in [4.78, 5) is 0. The van der Waals surface area contributed by atoms with Crippen molar-refractivity contribution in [2.75, 3.05) is 27.2 Å². The van der Waals surface area contributed by atoms with Crippen molar-refractivity contribution in [1.82, 2.24) is 9.34 Å². The predicted molar refractivity (Wildman–Crippen MR) is 108 cm³/mol. The molecule has 2 heterocycles. The molecule has 2 aromatic carbocycles. The largest absolute Gasteiger partial charge is 0.630 e. The summed E-state index contributed by atoms with van der Waals surface area (Å²) in [6.45, 7) is 2.10. The summed E-state index contributed by atoms with van der Waals surface area (Å²) < 4.78 is 4.67. The van der Waals surface area contributed by atoms with Gasteiger partial charge in [0.1, 0.15) is 12.1 Å². The van der Waals surface area contributed by atoms with Crippen molar-refractivity contribution in [2.45, 2.75) is 31.3 Å². The van der Waals surface area contributed by atoms with Crippen LogP contribution in [0.2, 0.25) is 0 Å². The molecule has 26 heavy (non-hydrogen) atoms. The van der Waals surface area contributed by atoms with Gasteiger partial charge in [0.2, 0.25) is 0 Å². The number of hydroxylamine groups is 2. The number of piperidine rings is 1. The van der Waals surface area contributed by atoms with Gasteiger partial charge < -0.3 is 9.62 Å². The van der Waals surface area contributed by atoms with E-state index in [0.717, 1.165) is 18.7 Å². The first-order chi connectivity index (χ1) is 12.6. The van der Waals surface area contributed by atoms with Gasteiger partial charge in [-0.25, -0.2) is 9.34 Å². The van der Waals surface area contributed by atoms with Gasteiger partial charge in [0, 0.05) is 18.7 Å². The van der Waals surface area contributed by atoms with Gasteiger partial charge in [-0.3, -0.25) is 0 Å². The van der Waals surface area contributed by atoms with Crippen LogP contribution < -0.4 is 0 Å². The molecule has 4 atom stereocenters. The number of quaternary nitrogens is 1. The van der Waals surface area contributed by atoms with Gasteiger partial charge in [-0.1, -0.05) is 67.1 Å². The molecule has 0 N–H and O–H groups in total. The Morgan fingerprint density at radius 2 is 1.42 bits per heavy atom. The maximum absolute atomic E-state index is 14.1. The number of hydrogen-bond donors (Lipinski definition) is 0. The fourth-order valence-electron chi connectivity index (χ4n) is 4.63. The van der Waals surface area contributed by atoms with E-state index in [1.807, 2.05) is 13.1 Å². The van der Waals surface area contributed by atoms with Crippen LogP contribution in [0.3, 0.4) is 0 Å². The molecule has 0 saturated carbocycles. The first-order valence-corrected chi connectivity index (χ1v) is 10.8. The summed E-state index contributed by atoms with van der Waals surface area (Å²) in [6, 6.07) is 21.0. The van der Waals surface area contributed by atoms with Crippen LogP contribution in [0.1, 0.15) is 42.5 Å². The van der Waals surface area contributed by atoms with Gasteiger partial charge in [-0.15, -0.1) is 0 Å². The Morgan fingerprint density at radius 3 is 2.00 bits per heavy atom. The Morgan fingerprint density at radius 1 is 0.885 bits per heavy atom. The predicted octanol–water partition coefficient (Wildman–Crippen LogP) is 5.07. The molecule has 0 radical (unpaired) electrons. The fourth-order valence-corrected chi connectivity index (χ4v) is 7.70. The zero-order chi connectivity index (χ0) is 18.1. The molecule has 2 saturated heterocycles. The molecule has 2 aliphatic rings. The number of likely N-dealkylation sites (N-methyl/N-ethyl adjacent to an activating group) is 2. The smallest absolute Gasteiger partial charge is 0.272 e. The molecular formula is C21H28N3OP. The van der Waals surface area contributed by atoms with Crippen molar-refractivity contribution in [3.8, 4) is 0 Å². The lowest BCUT2D eigenvalue weighted by Crippen LogP contribution is -2.40. The first kappa shape index (κ1) is 18.1. The van der Waals surface area contributed by atoms with E-state index in [9.17, 15) is 5.21 Å². The highest BCUT2D eigenvalue weighted by molar-refractivity contribution is 7.46. The van der Waals surface area contributed by atoms with E-state index >= 15 is 0 Å². The summed E-state index contributed by atoms with van der Waals surface area (Å²) in [6.07, 6.45) is 3.70. The van der Waals surface area contributed by atoms with Crippen LogP contribution >= 0.6 is 8.37 Å². The van der Waals surface area contributed by atoms with Gasteiger partial charge in [-0.2, -0.15) is 0 Å². The third kappa shape index (κ3) is 3.11. The number of rotatable bonds is 3. The Kier molecular flexibility index (Phi) is 5.13. The van der Waals surface area contributed by atoms with Gasteiger partial charge in [0.05, 0.1) is 7.05 Å². The minimum Gasteiger partial charge on any atom is -0.630 e. The second-order valence-corrected chi connectivity index (χ2v) is 10.0. The van der Waals surface area contributed by atoms with E-state index in [2.05, 4.69) is 71.0 Å². The minimum absolute atomic E-state index is 0.100. The number of hydrogen-bond acceptors (Lipinski definition) is 3. The van der Waals surface area contributed by atoms with Gasteiger partial charge in [-0.05, 0) is 25.5 Å². The first-order valence-electron chi connectivity index (χ1n) is 9.56. The molecule has 2 aliphatic heterocycles. The van der Waals surface area contributed by atoms with Crippen molar-refractivity contribution in [3.63, 3.8) is 0 Å². The van der Waals surface area contributed by atoms with Crippen LogP contribution in [0.5, 0.6) is 0 Å². The minimum atomic E-state index is -0.945. The zero-order valence-corrected chi connectivity index (χ0v) is 16.6. The highest BCUT2D eigenvalue weighted by atomic mass is 31.2. The number of benzene rings is 2. The third-order valence-corrected chi connectivity index (χ3v) is 8.40. The maximum Gasteiger partial charge on any atom is 0.272 e. The molecule has 0 aromatic heterocycles. The van der Waals surface area contributed by atoms with Crippen molar-refractivity contribution < 1.29 is 4.42 Å². The van der Waals surface area contributed by atoms with Gasteiger partial charge >= 0.3 is 0 Å². The monoisotopic (exact) mass is 369 g/mol. The van der Waals surface area contributed by atoms with Crippen molar-refractivity contribution in [1.29, 1.82) is 0 Å². The Balaban J connectivity index is 1.79. The summed E-state index contributed by atoms with van der Waals surface area (Å²) >= 11 is 0. The summed E-state index contributed by atoms with van der Waals surface area (Å²) in [5.41, 5.74) is 2.39. The van der Waals surface area contributed by atoms with Crippen molar-refractivity contribution >= 4 is 8.37 Å². The molecule has 0 aliphatic carbocycles. The average molecular weight is 369 g/mol. The zero-order valence-electron chi connectivity index (χ0n) is 15.7. The van der Waals surface area contributed by atoms with Gasteiger partial charge in [0.25, 0.3) is 8.37 Å². The summed E-state index contributed by atoms with van der Waals surface area (Å²) in [7, 11) is 3.12. The fraction of sp³-hybridized carbons (Fsp3) is 0.429. The highest BCUT2D eigenvalue weighted by Crippen LogP contribution is 2.69. The molecule has 0 spiro atoms. The molecule has 4 rings (SSSR count). The Bertz CT molecular complexity index is 719. The van der Waals surface area contributed by atoms with Crippen LogP contribution in [0.4, 0.5) is 0 Å². The Hall–Kier alpha value is -1.29. The molecule has 0 bridgehead atoms. The standard InChI is InChI=1S/C21H28N3OP/c1-22-20(18-12-6-3-7-13-18)21(19-14-8-4-9-15-19)24(2,25)26(22)23-16-10-5-11-17-23/h3-4,6-9,12-15,20-21H,5,10-11,16-17H2,1-2H3/t20-,21-,24?,26?/m0/s1. The van der Waals surface area contributed by atoms with Gasteiger partial charge in [0.15, 0.2) is 0 Å². The molecule has 138 valence electrons. The molecule has 2 unspecified atom stereocenters. The van der Waals surface area contributed by atoms with E-state index in [4.69, 9.17) is 0 Å². The Labute approximate surface area is 158 Å². The van der Waals surface area contributed by atoms with Crippen LogP contribution in [-0.2, 0) is 0 Å². The third-order valence-electron chi connectivity index (χ3n) is 5.72. The number of nitrogens with zero attached hydrogens (tertiary/aromatic N) is 3. The summed E-state index contributed by atoms with van der Waals surface area (Å²) in [5.74, 6) is 0. The highest BCUT2D eigenvalue weighted by Gasteiger charge is 2.56. The van der Waals surface area contributed by atoms with Crippen molar-refractivity contribution in [3.05, 3.63) is 77.0 Å². The summed E-state index contributed by atoms with van der Waals surface area (Å²) in [5, 5.41) is 14.1. The lowest BCUT2D eigenvalue weighted by atomic mass is 9.93. The van der Waals surface area contributed by atoms with E-state index in [1.165, 1.54) is 24.8 Å². The maximum atomic E-state index is 14.1. The van der Waals surface area contributed by atoms with E-state index in [-0.39, 0.29) is 16.5 Å². The molecule has 2 fully saturated rings. The van der Waals surface area contributed by atoms with E-state index < -0.39 is 8.37 Å². The molecule has 0 amide bonds. The lowest BCUT2D eigenvalue weighted by Gasteiger charge is -2.47. The molecule has 5 heteroatoms. The van der Waals surface area contributed by atoms with Crippen molar-refractivity contribution in [2.24, 2.45) is 0 Å². The second kappa shape index (κ2) is 7.38. The molecular weight excluding hydrogens is 341 g/mol. The second-order valence-electron chi connectivity index (χ2n) is 7.51. The van der Waals surface area contributed by atoms with Crippen LogP contribution in [0, 0.1) is 5.21 Å². The van der Waals surface area contributed by atoms with Crippen LogP contribution in [0.15, 0.2) is 60.7 Å². The van der Waals surface area contributed by atoms with Crippen LogP contribution in [0.25, 0.3) is 0 Å². The normalized spacial score (nSPS) is 33.4. The topological polar surface area (TPSA) is 29.5 Å². The SMILES string of the molecule is CN1[C@@H](c2ccccc2)[C@H](c2ccccc2)[N+](C)([O-])P1N1CCCCC1. The van der Waals surface area contributed by atoms with E-state index in [0.29, 0.717) is 0 Å². The molecule has 4 nitrogen and oxygen atoms in total. The molecule has 2 aromatic rings. The van der Waals surface area contributed by atoms with Crippen LogP contribution in [-0.4, -0.2) is 40.9 Å².